The van der Waals surface area contributed by atoms with E-state index in [-0.39, 0.29) is 5.82 Å². The molecule has 8 heteroatoms. The molecule has 1 saturated carbocycles. The van der Waals surface area contributed by atoms with Crippen molar-refractivity contribution in [2.45, 2.75) is 24.8 Å². The van der Waals surface area contributed by atoms with Gasteiger partial charge in [0, 0.05) is 18.8 Å². The lowest BCUT2D eigenvalue weighted by Crippen LogP contribution is -2.51. The van der Waals surface area contributed by atoms with Crippen molar-refractivity contribution in [3.63, 3.8) is 0 Å². The van der Waals surface area contributed by atoms with Gasteiger partial charge in [-0.15, -0.1) is 10.2 Å². The molecule has 0 bridgehead atoms. The van der Waals surface area contributed by atoms with E-state index in [4.69, 9.17) is 5.11 Å². The number of hydrogen-bond donors (Lipinski definition) is 1. The first-order valence-corrected chi connectivity index (χ1v) is 9.14. The maximum atomic E-state index is 14.4. The van der Waals surface area contributed by atoms with Gasteiger partial charge in [-0.05, 0) is 61.7 Å². The second-order valence-electron chi connectivity index (χ2n) is 7.05. The predicted octanol–water partition coefficient (Wildman–Crippen LogP) is 4.03. The lowest BCUT2D eigenvalue weighted by Gasteiger charge is -2.48. The zero-order valence-corrected chi connectivity index (χ0v) is 15.6. The summed E-state index contributed by atoms with van der Waals surface area (Å²) in [7, 11) is 1.83. The molecule has 2 heterocycles. The topological polar surface area (TPSA) is 79.2 Å². The summed E-state index contributed by atoms with van der Waals surface area (Å²) in [6.45, 7) is 0. The number of hydrogen-bond acceptors (Lipinski definition) is 5. The molecular weight excluding hydrogens is 378 g/mol. The highest BCUT2D eigenvalue weighted by Crippen LogP contribution is 2.47. The monoisotopic (exact) mass is 396 g/mol. The van der Waals surface area contributed by atoms with Gasteiger partial charge in [-0.25, -0.2) is 13.6 Å². The quantitative estimate of drug-likeness (QED) is 0.702. The van der Waals surface area contributed by atoms with Crippen molar-refractivity contribution in [3.05, 3.63) is 71.6 Å². The minimum atomic E-state index is -1.35. The highest BCUT2D eigenvalue weighted by Gasteiger charge is 2.46. The molecule has 1 N–H and O–H groups in total. The second kappa shape index (κ2) is 7.20. The third-order valence-corrected chi connectivity index (χ3v) is 5.51. The summed E-state index contributed by atoms with van der Waals surface area (Å²) in [6.07, 6.45) is 4.04. The molecule has 1 fully saturated rings. The van der Waals surface area contributed by atoms with Crippen molar-refractivity contribution in [2.75, 3.05) is 11.9 Å². The molecule has 1 aromatic carbocycles. The molecule has 4 rings (SSSR count). The molecule has 0 amide bonds. The number of halogens is 2. The molecule has 148 valence electrons. The standard InChI is InChI=1S/C21H18F2N4O2/c1-27(21(9-3-10-21)19-16(23)4-2-11-24-19)18-8-7-17(25-26-18)13-5-6-15(22)14(12-13)20(28)29/h2,4-8,11-12H,3,9-10H2,1H3,(H,28,29). The fourth-order valence-corrected chi connectivity index (χ4v) is 3.70. The summed E-state index contributed by atoms with van der Waals surface area (Å²) in [5.41, 5.74) is 0.248. The zero-order chi connectivity index (χ0) is 20.6. The number of anilines is 1. The zero-order valence-electron chi connectivity index (χ0n) is 15.6. The molecular formula is C21H18F2N4O2. The molecule has 6 nitrogen and oxygen atoms in total. The molecule has 3 aromatic rings. The molecule has 0 spiro atoms. The first-order valence-electron chi connectivity index (χ1n) is 9.14. The highest BCUT2D eigenvalue weighted by molar-refractivity contribution is 5.89. The number of pyridine rings is 1. The number of nitrogens with zero attached hydrogens (tertiary/aromatic N) is 4. The summed E-state index contributed by atoms with van der Waals surface area (Å²) in [4.78, 5) is 17.3. The Morgan fingerprint density at radius 2 is 1.90 bits per heavy atom. The molecule has 1 aliphatic rings. The van der Waals surface area contributed by atoms with E-state index in [9.17, 15) is 13.6 Å². The molecule has 1 aliphatic carbocycles. The van der Waals surface area contributed by atoms with Gasteiger partial charge >= 0.3 is 5.97 Å². The molecule has 0 atom stereocenters. The van der Waals surface area contributed by atoms with Crippen LogP contribution in [0.15, 0.2) is 48.7 Å². The van der Waals surface area contributed by atoms with Gasteiger partial charge in [0.05, 0.1) is 16.8 Å². The first kappa shape index (κ1) is 18.9. The molecule has 0 unspecified atom stereocenters. The molecule has 0 saturated heterocycles. The van der Waals surface area contributed by atoms with E-state index in [0.29, 0.717) is 22.8 Å². The largest absolute Gasteiger partial charge is 0.478 e. The van der Waals surface area contributed by atoms with Gasteiger partial charge in [0.2, 0.25) is 0 Å². The fourth-order valence-electron chi connectivity index (χ4n) is 3.70. The van der Waals surface area contributed by atoms with Crippen LogP contribution in [-0.4, -0.2) is 33.3 Å². The van der Waals surface area contributed by atoms with E-state index >= 15 is 0 Å². The van der Waals surface area contributed by atoms with Crippen LogP contribution in [0.4, 0.5) is 14.6 Å². The number of carboxylic acids is 1. The van der Waals surface area contributed by atoms with Crippen molar-refractivity contribution >= 4 is 11.8 Å². The number of aromatic carboxylic acids is 1. The lowest BCUT2D eigenvalue weighted by molar-refractivity contribution is 0.0692. The Labute approximate surface area is 165 Å². The number of benzene rings is 1. The van der Waals surface area contributed by atoms with Gasteiger partial charge < -0.3 is 10.0 Å². The van der Waals surface area contributed by atoms with Crippen molar-refractivity contribution in [1.29, 1.82) is 0 Å². The lowest BCUT2D eigenvalue weighted by atomic mass is 9.72. The van der Waals surface area contributed by atoms with Crippen LogP contribution in [-0.2, 0) is 5.54 Å². The van der Waals surface area contributed by atoms with Crippen molar-refractivity contribution in [1.82, 2.24) is 15.2 Å². The van der Waals surface area contributed by atoms with Crippen molar-refractivity contribution < 1.29 is 18.7 Å². The second-order valence-corrected chi connectivity index (χ2v) is 7.05. The Kier molecular flexibility index (Phi) is 4.70. The Morgan fingerprint density at radius 3 is 2.48 bits per heavy atom. The Morgan fingerprint density at radius 1 is 1.10 bits per heavy atom. The van der Waals surface area contributed by atoms with Crippen LogP contribution in [0.1, 0.15) is 35.3 Å². The van der Waals surface area contributed by atoms with E-state index in [2.05, 4.69) is 15.2 Å². The number of rotatable bonds is 5. The average Bonchev–Trinajstić information content (AvgIpc) is 2.69. The Bertz CT molecular complexity index is 1070. The number of carboxylic acid groups (broad SMARTS) is 1. The van der Waals surface area contributed by atoms with Crippen molar-refractivity contribution in [3.8, 4) is 11.3 Å². The van der Waals surface area contributed by atoms with Crippen LogP contribution in [0.3, 0.4) is 0 Å². The van der Waals surface area contributed by atoms with Crippen LogP contribution in [0.2, 0.25) is 0 Å². The first-order chi connectivity index (χ1) is 13.9. The van der Waals surface area contributed by atoms with E-state index in [0.717, 1.165) is 25.3 Å². The molecule has 2 aromatic heterocycles. The summed E-state index contributed by atoms with van der Waals surface area (Å²) in [5, 5.41) is 17.5. The van der Waals surface area contributed by atoms with Crippen molar-refractivity contribution in [2.24, 2.45) is 0 Å². The van der Waals surface area contributed by atoms with Gasteiger partial charge in [0.1, 0.15) is 17.3 Å². The third-order valence-electron chi connectivity index (χ3n) is 5.51. The molecule has 29 heavy (non-hydrogen) atoms. The van der Waals surface area contributed by atoms with Gasteiger partial charge in [-0.3, -0.25) is 4.98 Å². The predicted molar refractivity (Wildman–Crippen MR) is 103 cm³/mol. The summed E-state index contributed by atoms with van der Waals surface area (Å²) in [6, 6.07) is 10.1. The Hall–Kier alpha value is -3.42. The van der Waals surface area contributed by atoms with Gasteiger partial charge in [-0.2, -0.15) is 0 Å². The van der Waals surface area contributed by atoms with E-state index in [1.54, 1.807) is 24.4 Å². The SMILES string of the molecule is CN(c1ccc(-c2ccc(F)c(C(=O)O)c2)nn1)C1(c2ncccc2F)CCC1. The third kappa shape index (κ3) is 3.20. The van der Waals surface area contributed by atoms with Crippen LogP contribution in [0.5, 0.6) is 0 Å². The summed E-state index contributed by atoms with van der Waals surface area (Å²) in [5.74, 6) is -1.97. The minimum absolute atomic E-state index is 0.351. The van der Waals surface area contributed by atoms with Crippen LogP contribution < -0.4 is 4.90 Å². The normalized spacial score (nSPS) is 14.9. The van der Waals surface area contributed by atoms with Crippen LogP contribution in [0, 0.1) is 11.6 Å². The van der Waals surface area contributed by atoms with Gasteiger partial charge in [-0.1, -0.05) is 0 Å². The smallest absolute Gasteiger partial charge is 0.338 e. The number of aromatic nitrogens is 3. The highest BCUT2D eigenvalue weighted by atomic mass is 19.1. The summed E-state index contributed by atoms with van der Waals surface area (Å²) < 4.78 is 28.0. The molecule has 0 radical (unpaired) electrons. The average molecular weight is 396 g/mol. The maximum Gasteiger partial charge on any atom is 0.338 e. The van der Waals surface area contributed by atoms with Gasteiger partial charge in [0.25, 0.3) is 0 Å². The maximum absolute atomic E-state index is 14.4. The van der Waals surface area contributed by atoms with E-state index in [1.165, 1.54) is 18.2 Å². The van der Waals surface area contributed by atoms with Gasteiger partial charge in [0.15, 0.2) is 5.82 Å². The molecule has 0 aliphatic heterocycles. The summed E-state index contributed by atoms with van der Waals surface area (Å²) >= 11 is 0. The Balaban J connectivity index is 1.65. The van der Waals surface area contributed by atoms with E-state index < -0.39 is 22.9 Å². The van der Waals surface area contributed by atoms with E-state index in [1.807, 2.05) is 11.9 Å². The van der Waals surface area contributed by atoms with Crippen LogP contribution >= 0.6 is 0 Å². The minimum Gasteiger partial charge on any atom is -0.478 e. The number of carbonyl (C=O) groups is 1. The van der Waals surface area contributed by atoms with Crippen LogP contribution in [0.25, 0.3) is 11.3 Å². The fraction of sp³-hybridized carbons (Fsp3) is 0.238.